The number of hydrogen-bond donors (Lipinski definition) is 0. The number of ether oxygens (including phenoxy) is 1. The second kappa shape index (κ2) is 5.48. The maximum atomic E-state index is 11.3. The Morgan fingerprint density at radius 1 is 1.31 bits per heavy atom. The van der Waals surface area contributed by atoms with E-state index in [1.165, 1.54) is 16.9 Å². The Bertz CT molecular complexity index is 364. The molecule has 0 atom stereocenters. The molecule has 0 saturated carbocycles. The second-order valence-electron chi connectivity index (χ2n) is 4.60. The van der Waals surface area contributed by atoms with Crippen molar-refractivity contribution < 1.29 is 9.53 Å². The summed E-state index contributed by atoms with van der Waals surface area (Å²) in [7, 11) is 1.44. The average molecular weight is 240 g/mol. The van der Waals surface area contributed by atoms with Gasteiger partial charge < -0.3 is 4.74 Å². The van der Waals surface area contributed by atoms with Crippen molar-refractivity contribution in [3.8, 4) is 0 Å². The maximum absolute atomic E-state index is 11.3. The van der Waals surface area contributed by atoms with Crippen LogP contribution in [0.15, 0.2) is 6.07 Å². The number of methoxy groups -OCH3 is 1. The second-order valence-corrected chi connectivity index (χ2v) is 5.72. The Balaban J connectivity index is 3.00. The van der Waals surface area contributed by atoms with Crippen molar-refractivity contribution in [2.45, 2.75) is 46.0 Å². The number of carbonyl (C=O) groups is 1. The molecule has 0 aliphatic heterocycles. The highest BCUT2D eigenvalue weighted by atomic mass is 32.1. The van der Waals surface area contributed by atoms with E-state index in [4.69, 9.17) is 4.74 Å². The van der Waals surface area contributed by atoms with Crippen LogP contribution in [0.25, 0.3) is 0 Å². The van der Waals surface area contributed by atoms with Crippen molar-refractivity contribution >= 4 is 17.3 Å². The van der Waals surface area contributed by atoms with E-state index in [2.05, 4.69) is 33.8 Å². The Kier molecular flexibility index (Phi) is 4.54. The Morgan fingerprint density at radius 3 is 2.38 bits per heavy atom. The van der Waals surface area contributed by atoms with Crippen molar-refractivity contribution in [1.29, 1.82) is 0 Å². The summed E-state index contributed by atoms with van der Waals surface area (Å²) in [6, 6.07) is 2.15. The first-order chi connectivity index (χ1) is 7.45. The largest absolute Gasteiger partial charge is 0.469 e. The molecule has 1 aromatic heterocycles. The molecule has 0 aliphatic rings. The molecule has 0 bridgehead atoms. The van der Waals surface area contributed by atoms with Crippen molar-refractivity contribution in [3.05, 3.63) is 21.4 Å². The Hall–Kier alpha value is -0.830. The lowest BCUT2D eigenvalue weighted by atomic mass is 10.0. The molecule has 2 nitrogen and oxygen atoms in total. The highest BCUT2D eigenvalue weighted by Gasteiger charge is 2.16. The van der Waals surface area contributed by atoms with E-state index in [-0.39, 0.29) is 5.97 Å². The predicted molar refractivity (Wildman–Crippen MR) is 68.2 cm³/mol. The van der Waals surface area contributed by atoms with Gasteiger partial charge in [-0.2, -0.15) is 0 Å². The van der Waals surface area contributed by atoms with Crippen LogP contribution < -0.4 is 0 Å². The van der Waals surface area contributed by atoms with Gasteiger partial charge >= 0.3 is 5.97 Å². The van der Waals surface area contributed by atoms with Crippen LogP contribution in [-0.2, 0) is 16.0 Å². The normalized spacial score (nSPS) is 11.2. The molecular formula is C13H20O2S. The third-order valence-corrected chi connectivity index (χ3v) is 4.30. The minimum absolute atomic E-state index is 0.157. The van der Waals surface area contributed by atoms with Gasteiger partial charge in [-0.05, 0) is 23.5 Å². The first-order valence-corrected chi connectivity index (χ1v) is 6.46. The zero-order valence-electron chi connectivity index (χ0n) is 10.7. The summed E-state index contributed by atoms with van der Waals surface area (Å²) in [4.78, 5) is 14.0. The lowest BCUT2D eigenvalue weighted by Gasteiger charge is -2.05. The predicted octanol–water partition coefficient (Wildman–Crippen LogP) is 3.71. The van der Waals surface area contributed by atoms with Crippen molar-refractivity contribution in [2.24, 2.45) is 0 Å². The topological polar surface area (TPSA) is 26.3 Å². The molecule has 1 aromatic rings. The molecule has 3 heteroatoms. The molecule has 0 aromatic carbocycles. The van der Waals surface area contributed by atoms with Gasteiger partial charge in [-0.25, -0.2) is 0 Å². The quantitative estimate of drug-likeness (QED) is 0.750. The van der Waals surface area contributed by atoms with E-state index in [1.54, 1.807) is 0 Å². The van der Waals surface area contributed by atoms with Crippen LogP contribution in [0.4, 0.5) is 0 Å². The van der Waals surface area contributed by atoms with Gasteiger partial charge in [0, 0.05) is 9.75 Å². The van der Waals surface area contributed by atoms with Crippen LogP contribution in [0.5, 0.6) is 0 Å². The maximum Gasteiger partial charge on any atom is 0.310 e. The smallest absolute Gasteiger partial charge is 0.310 e. The van der Waals surface area contributed by atoms with Crippen LogP contribution in [0.1, 0.15) is 54.8 Å². The SMILES string of the molecule is COC(=O)Cc1cc(C(C)C)sc1C(C)C. The van der Waals surface area contributed by atoms with Crippen molar-refractivity contribution in [1.82, 2.24) is 0 Å². The van der Waals surface area contributed by atoms with Gasteiger partial charge in [-0.3, -0.25) is 4.79 Å². The summed E-state index contributed by atoms with van der Waals surface area (Å²) >= 11 is 1.82. The zero-order chi connectivity index (χ0) is 12.3. The number of thiophene rings is 1. The highest BCUT2D eigenvalue weighted by Crippen LogP contribution is 2.33. The lowest BCUT2D eigenvalue weighted by molar-refractivity contribution is -0.139. The highest BCUT2D eigenvalue weighted by molar-refractivity contribution is 7.12. The summed E-state index contributed by atoms with van der Waals surface area (Å²) in [5, 5.41) is 0. The number of esters is 1. The standard InChI is InChI=1S/C13H20O2S/c1-8(2)11-6-10(7-12(14)15-5)13(16-11)9(3)4/h6,8-9H,7H2,1-5H3. The van der Waals surface area contributed by atoms with Gasteiger partial charge in [0.15, 0.2) is 0 Å². The summed E-state index contributed by atoms with van der Waals surface area (Å²) in [6.07, 6.45) is 0.396. The molecule has 1 heterocycles. The van der Waals surface area contributed by atoms with Gasteiger partial charge in [0.2, 0.25) is 0 Å². The van der Waals surface area contributed by atoms with Crippen LogP contribution in [0.3, 0.4) is 0 Å². The van der Waals surface area contributed by atoms with Crippen LogP contribution >= 0.6 is 11.3 Å². The molecule has 0 spiro atoms. The summed E-state index contributed by atoms with van der Waals surface area (Å²) in [6.45, 7) is 8.68. The van der Waals surface area contributed by atoms with E-state index < -0.39 is 0 Å². The molecular weight excluding hydrogens is 220 g/mol. The van der Waals surface area contributed by atoms with Crippen LogP contribution in [0, 0.1) is 0 Å². The third kappa shape index (κ3) is 3.08. The first-order valence-electron chi connectivity index (χ1n) is 5.65. The lowest BCUT2D eigenvalue weighted by Crippen LogP contribution is -2.05. The molecule has 0 unspecified atom stereocenters. The van der Waals surface area contributed by atoms with Crippen LogP contribution in [-0.4, -0.2) is 13.1 Å². The summed E-state index contributed by atoms with van der Waals surface area (Å²) in [5.74, 6) is 0.834. The number of carbonyl (C=O) groups excluding carboxylic acids is 1. The van der Waals surface area contributed by atoms with Gasteiger partial charge in [-0.15, -0.1) is 11.3 Å². The minimum Gasteiger partial charge on any atom is -0.469 e. The fourth-order valence-electron chi connectivity index (χ4n) is 1.60. The fourth-order valence-corrected chi connectivity index (χ4v) is 2.79. The number of hydrogen-bond acceptors (Lipinski definition) is 3. The molecule has 16 heavy (non-hydrogen) atoms. The van der Waals surface area contributed by atoms with E-state index in [1.807, 2.05) is 11.3 Å². The van der Waals surface area contributed by atoms with Gasteiger partial charge in [0.1, 0.15) is 0 Å². The van der Waals surface area contributed by atoms with Gasteiger partial charge in [0.05, 0.1) is 13.5 Å². The monoisotopic (exact) mass is 240 g/mol. The molecule has 90 valence electrons. The van der Waals surface area contributed by atoms with E-state index >= 15 is 0 Å². The van der Waals surface area contributed by atoms with E-state index in [0.29, 0.717) is 18.3 Å². The van der Waals surface area contributed by atoms with Crippen molar-refractivity contribution in [3.63, 3.8) is 0 Å². The average Bonchev–Trinajstić information content (AvgIpc) is 2.61. The van der Waals surface area contributed by atoms with E-state index in [9.17, 15) is 4.79 Å². The molecule has 0 aliphatic carbocycles. The fraction of sp³-hybridized carbons (Fsp3) is 0.615. The molecule has 0 saturated heterocycles. The number of rotatable bonds is 4. The Labute approximate surface area is 102 Å². The molecule has 0 radical (unpaired) electrons. The Morgan fingerprint density at radius 2 is 1.94 bits per heavy atom. The minimum atomic E-state index is -0.157. The zero-order valence-corrected chi connectivity index (χ0v) is 11.5. The summed E-state index contributed by atoms with van der Waals surface area (Å²) in [5.41, 5.74) is 1.13. The first kappa shape index (κ1) is 13.2. The molecule has 1 rings (SSSR count). The summed E-state index contributed by atoms with van der Waals surface area (Å²) < 4.78 is 4.72. The van der Waals surface area contributed by atoms with Gasteiger partial charge in [-0.1, -0.05) is 27.7 Å². The third-order valence-electron chi connectivity index (χ3n) is 2.52. The van der Waals surface area contributed by atoms with Crippen LogP contribution in [0.2, 0.25) is 0 Å². The molecule has 0 fully saturated rings. The molecule has 0 N–H and O–H groups in total. The van der Waals surface area contributed by atoms with E-state index in [0.717, 1.165) is 5.56 Å². The molecule has 0 amide bonds. The van der Waals surface area contributed by atoms with Gasteiger partial charge in [0.25, 0.3) is 0 Å². The van der Waals surface area contributed by atoms with Crippen molar-refractivity contribution in [2.75, 3.05) is 7.11 Å².